The van der Waals surface area contributed by atoms with Crippen molar-refractivity contribution >= 4 is 17.3 Å². The summed E-state index contributed by atoms with van der Waals surface area (Å²) in [5.41, 5.74) is 0.952. The maximum absolute atomic E-state index is 13.0. The summed E-state index contributed by atoms with van der Waals surface area (Å²) in [6.07, 6.45) is 0. The maximum Gasteiger partial charge on any atom is 0.127 e. The number of anilines is 1. The minimum Gasteiger partial charge on any atom is -0.508 e. The summed E-state index contributed by atoms with van der Waals surface area (Å²) in [5, 5.41) is 12.5. The predicted octanol–water partition coefficient (Wildman–Crippen LogP) is 3.94. The van der Waals surface area contributed by atoms with Crippen LogP contribution >= 0.6 is 11.6 Å². The van der Waals surface area contributed by atoms with E-state index in [-0.39, 0.29) is 12.3 Å². The Morgan fingerprint density at radius 1 is 1.06 bits per heavy atom. The number of benzene rings is 2. The van der Waals surface area contributed by atoms with Crippen LogP contribution in [0.2, 0.25) is 5.02 Å². The fraction of sp³-hybridized carbons (Fsp3) is 0.0769. The Bertz CT molecular complexity index is 555. The van der Waals surface area contributed by atoms with E-state index < -0.39 is 11.6 Å². The molecule has 0 atom stereocenters. The summed E-state index contributed by atoms with van der Waals surface area (Å²) in [6, 6.07) is 7.65. The van der Waals surface area contributed by atoms with Crippen LogP contribution in [0.4, 0.5) is 14.5 Å². The number of hydrogen-bond donors (Lipinski definition) is 2. The molecule has 0 unspecified atom stereocenters. The molecule has 0 aliphatic carbocycles. The van der Waals surface area contributed by atoms with E-state index in [1.807, 2.05) is 0 Å². The minimum absolute atomic E-state index is 0.155. The first-order valence-electron chi connectivity index (χ1n) is 5.22. The smallest absolute Gasteiger partial charge is 0.127 e. The molecule has 0 saturated carbocycles. The van der Waals surface area contributed by atoms with Gasteiger partial charge in [-0.2, -0.15) is 0 Å². The van der Waals surface area contributed by atoms with Crippen molar-refractivity contribution in [3.05, 3.63) is 58.6 Å². The lowest BCUT2D eigenvalue weighted by molar-refractivity contribution is 0.468. The lowest BCUT2D eigenvalue weighted by atomic mass is 10.2. The van der Waals surface area contributed by atoms with Gasteiger partial charge in [0.2, 0.25) is 0 Å². The van der Waals surface area contributed by atoms with E-state index in [2.05, 4.69) is 5.32 Å². The van der Waals surface area contributed by atoms with Crippen LogP contribution in [0.25, 0.3) is 0 Å². The van der Waals surface area contributed by atoms with Crippen molar-refractivity contribution < 1.29 is 13.9 Å². The van der Waals surface area contributed by atoms with Crippen molar-refractivity contribution in [3.63, 3.8) is 0 Å². The summed E-state index contributed by atoms with van der Waals surface area (Å²) >= 11 is 5.87. The molecule has 0 aliphatic rings. The molecule has 18 heavy (non-hydrogen) atoms. The third kappa shape index (κ3) is 3.11. The molecule has 2 aromatic carbocycles. The molecule has 2 nitrogen and oxygen atoms in total. The highest BCUT2D eigenvalue weighted by atomic mass is 35.5. The zero-order chi connectivity index (χ0) is 13.1. The highest BCUT2D eigenvalue weighted by molar-refractivity contribution is 6.33. The zero-order valence-electron chi connectivity index (χ0n) is 9.25. The molecule has 0 heterocycles. The van der Waals surface area contributed by atoms with Crippen molar-refractivity contribution in [2.75, 3.05) is 5.32 Å². The topological polar surface area (TPSA) is 32.3 Å². The highest BCUT2D eigenvalue weighted by Crippen LogP contribution is 2.23. The lowest BCUT2D eigenvalue weighted by Gasteiger charge is -2.09. The number of hydrogen-bond acceptors (Lipinski definition) is 2. The number of phenolic OH excluding ortho intramolecular Hbond substituents is 1. The molecule has 0 saturated heterocycles. The number of rotatable bonds is 3. The Kier molecular flexibility index (Phi) is 3.67. The molecule has 0 amide bonds. The molecule has 2 aromatic rings. The van der Waals surface area contributed by atoms with Gasteiger partial charge in [-0.25, -0.2) is 8.78 Å². The lowest BCUT2D eigenvalue weighted by Crippen LogP contribution is -2.00. The first-order chi connectivity index (χ1) is 8.54. The van der Waals surface area contributed by atoms with Gasteiger partial charge in [0, 0.05) is 12.6 Å². The van der Waals surface area contributed by atoms with Crippen LogP contribution in [-0.2, 0) is 6.54 Å². The van der Waals surface area contributed by atoms with Crippen LogP contribution in [-0.4, -0.2) is 5.11 Å². The van der Waals surface area contributed by atoms with Crippen LogP contribution in [0, 0.1) is 11.6 Å². The van der Waals surface area contributed by atoms with E-state index >= 15 is 0 Å². The summed E-state index contributed by atoms with van der Waals surface area (Å²) in [5.74, 6) is -1.10. The van der Waals surface area contributed by atoms with Crippen LogP contribution in [0.5, 0.6) is 5.75 Å². The molecule has 0 aromatic heterocycles. The molecule has 0 aliphatic heterocycles. The van der Waals surface area contributed by atoms with Crippen LogP contribution < -0.4 is 5.32 Å². The molecule has 0 spiro atoms. The molecular weight excluding hydrogens is 260 g/mol. The zero-order valence-corrected chi connectivity index (χ0v) is 10.0. The van der Waals surface area contributed by atoms with Gasteiger partial charge in [0.05, 0.1) is 10.7 Å². The second-order valence-electron chi connectivity index (χ2n) is 3.80. The van der Waals surface area contributed by atoms with Gasteiger partial charge in [-0.1, -0.05) is 11.6 Å². The SMILES string of the molecule is Oc1cc(F)cc(CNc2cc(F)ccc2Cl)c1. The molecular formula is C13H10ClF2NO. The van der Waals surface area contributed by atoms with Gasteiger partial charge in [-0.15, -0.1) is 0 Å². The van der Waals surface area contributed by atoms with Crippen LogP contribution in [0.15, 0.2) is 36.4 Å². The van der Waals surface area contributed by atoms with E-state index in [9.17, 15) is 13.9 Å². The second kappa shape index (κ2) is 5.23. The van der Waals surface area contributed by atoms with Gasteiger partial charge < -0.3 is 10.4 Å². The van der Waals surface area contributed by atoms with Crippen molar-refractivity contribution in [2.24, 2.45) is 0 Å². The Morgan fingerprint density at radius 3 is 2.56 bits per heavy atom. The van der Waals surface area contributed by atoms with E-state index in [1.54, 1.807) is 0 Å². The van der Waals surface area contributed by atoms with Crippen molar-refractivity contribution in [2.45, 2.75) is 6.54 Å². The molecule has 2 rings (SSSR count). The standard InChI is InChI=1S/C13H10ClF2NO/c14-12-2-1-9(15)6-13(12)17-7-8-3-10(16)5-11(18)4-8/h1-6,17-18H,7H2. The quantitative estimate of drug-likeness (QED) is 0.885. The highest BCUT2D eigenvalue weighted by Gasteiger charge is 2.03. The third-order valence-electron chi connectivity index (χ3n) is 2.35. The molecule has 0 fully saturated rings. The van der Waals surface area contributed by atoms with Crippen LogP contribution in [0.3, 0.4) is 0 Å². The number of aromatic hydroxyl groups is 1. The molecule has 0 radical (unpaired) electrons. The number of phenols is 1. The van der Waals surface area contributed by atoms with Crippen molar-refractivity contribution in [1.82, 2.24) is 0 Å². The normalized spacial score (nSPS) is 10.4. The Morgan fingerprint density at radius 2 is 1.83 bits per heavy atom. The maximum atomic E-state index is 13.0. The van der Waals surface area contributed by atoms with E-state index in [1.165, 1.54) is 30.3 Å². The van der Waals surface area contributed by atoms with E-state index in [4.69, 9.17) is 11.6 Å². The number of halogens is 3. The minimum atomic E-state index is -0.530. The Hall–Kier alpha value is -1.81. The van der Waals surface area contributed by atoms with Gasteiger partial charge in [0.25, 0.3) is 0 Å². The second-order valence-corrected chi connectivity index (χ2v) is 4.20. The molecule has 0 bridgehead atoms. The van der Waals surface area contributed by atoms with Gasteiger partial charge in [-0.05, 0) is 35.9 Å². The largest absolute Gasteiger partial charge is 0.508 e. The summed E-state index contributed by atoms with van der Waals surface area (Å²) < 4.78 is 26.0. The van der Waals surface area contributed by atoms with Gasteiger partial charge in [0.1, 0.15) is 17.4 Å². The Labute approximate surface area is 108 Å². The number of nitrogens with one attached hydrogen (secondary N) is 1. The average Bonchev–Trinajstić information content (AvgIpc) is 2.29. The average molecular weight is 270 g/mol. The van der Waals surface area contributed by atoms with E-state index in [0.717, 1.165) is 6.07 Å². The van der Waals surface area contributed by atoms with E-state index in [0.29, 0.717) is 16.3 Å². The molecule has 94 valence electrons. The summed E-state index contributed by atoms with van der Waals surface area (Å²) in [6.45, 7) is 0.231. The van der Waals surface area contributed by atoms with Gasteiger partial charge in [-0.3, -0.25) is 0 Å². The molecule has 5 heteroatoms. The fourth-order valence-corrected chi connectivity index (χ4v) is 1.75. The summed E-state index contributed by atoms with van der Waals surface area (Å²) in [7, 11) is 0. The third-order valence-corrected chi connectivity index (χ3v) is 2.68. The van der Waals surface area contributed by atoms with Crippen molar-refractivity contribution in [3.8, 4) is 5.75 Å². The van der Waals surface area contributed by atoms with Crippen LogP contribution in [0.1, 0.15) is 5.56 Å². The van der Waals surface area contributed by atoms with Gasteiger partial charge in [0.15, 0.2) is 0 Å². The predicted molar refractivity (Wildman–Crippen MR) is 66.8 cm³/mol. The fourth-order valence-electron chi connectivity index (χ4n) is 1.57. The Balaban J connectivity index is 2.13. The molecule has 2 N–H and O–H groups in total. The summed E-state index contributed by atoms with van der Waals surface area (Å²) in [4.78, 5) is 0. The monoisotopic (exact) mass is 269 g/mol. The van der Waals surface area contributed by atoms with Gasteiger partial charge >= 0.3 is 0 Å². The first-order valence-corrected chi connectivity index (χ1v) is 5.60. The van der Waals surface area contributed by atoms with Crippen molar-refractivity contribution in [1.29, 1.82) is 0 Å². The first kappa shape index (κ1) is 12.6.